The van der Waals surface area contributed by atoms with Crippen LogP contribution in [0.1, 0.15) is 11.3 Å². The predicted octanol–water partition coefficient (Wildman–Crippen LogP) is -0.154. The first-order chi connectivity index (χ1) is 9.86. The summed E-state index contributed by atoms with van der Waals surface area (Å²) in [6.07, 6.45) is 3.78. The highest BCUT2D eigenvalue weighted by molar-refractivity contribution is 5.58. The molecule has 6 heteroatoms. The van der Waals surface area contributed by atoms with E-state index in [1.54, 1.807) is 0 Å². The Bertz CT molecular complexity index is 632. The van der Waals surface area contributed by atoms with Gasteiger partial charge < -0.3 is 15.3 Å². The Morgan fingerprint density at radius 3 is 3.00 bits per heavy atom. The quantitative estimate of drug-likeness (QED) is 0.796. The van der Waals surface area contributed by atoms with Gasteiger partial charge in [0.2, 0.25) is 0 Å². The van der Waals surface area contributed by atoms with Crippen LogP contribution in [0.25, 0.3) is 5.65 Å². The maximum absolute atomic E-state index is 9.24. The van der Waals surface area contributed by atoms with E-state index in [0.717, 1.165) is 44.7 Å². The van der Waals surface area contributed by atoms with Gasteiger partial charge in [0.15, 0.2) is 5.65 Å². The van der Waals surface area contributed by atoms with Crippen LogP contribution in [0.3, 0.4) is 0 Å². The molecule has 0 unspecified atom stereocenters. The highest BCUT2D eigenvalue weighted by Gasteiger charge is 2.31. The monoisotopic (exact) mass is 273 g/mol. The fourth-order valence-electron chi connectivity index (χ4n) is 3.20. The molecule has 20 heavy (non-hydrogen) atoms. The Morgan fingerprint density at radius 2 is 2.15 bits per heavy atom. The number of anilines is 1. The normalized spacial score (nSPS) is 19.8. The summed E-state index contributed by atoms with van der Waals surface area (Å²) in [6, 6.07) is 1.96. The lowest BCUT2D eigenvalue weighted by atomic mass is 9.99. The van der Waals surface area contributed by atoms with Gasteiger partial charge in [0.1, 0.15) is 5.82 Å². The maximum atomic E-state index is 9.24. The lowest BCUT2D eigenvalue weighted by Crippen LogP contribution is -2.49. The molecule has 2 aromatic heterocycles. The minimum Gasteiger partial charge on any atom is -0.396 e. The summed E-state index contributed by atoms with van der Waals surface area (Å²) in [5, 5.41) is 17.1. The van der Waals surface area contributed by atoms with E-state index in [-0.39, 0.29) is 6.61 Å². The van der Waals surface area contributed by atoms with Crippen molar-refractivity contribution in [3.8, 4) is 0 Å². The second-order valence-electron chi connectivity index (χ2n) is 5.67. The molecule has 0 aromatic carbocycles. The highest BCUT2D eigenvalue weighted by atomic mass is 16.3. The average molecular weight is 273 g/mol. The van der Waals surface area contributed by atoms with Crippen molar-refractivity contribution in [1.82, 2.24) is 19.9 Å². The molecular weight excluding hydrogens is 254 g/mol. The predicted molar refractivity (Wildman–Crippen MR) is 76.1 cm³/mol. The third kappa shape index (κ3) is 1.79. The van der Waals surface area contributed by atoms with Gasteiger partial charge in [-0.25, -0.2) is 4.98 Å². The van der Waals surface area contributed by atoms with Crippen LogP contribution in [0.15, 0.2) is 12.3 Å². The third-order valence-electron chi connectivity index (χ3n) is 4.30. The van der Waals surface area contributed by atoms with Crippen LogP contribution in [0.2, 0.25) is 0 Å². The van der Waals surface area contributed by atoms with Gasteiger partial charge in [-0.1, -0.05) is 0 Å². The van der Waals surface area contributed by atoms with E-state index >= 15 is 0 Å². The zero-order chi connectivity index (χ0) is 13.5. The van der Waals surface area contributed by atoms with Crippen LogP contribution in [0.4, 0.5) is 5.82 Å². The molecule has 0 spiro atoms. The van der Waals surface area contributed by atoms with Gasteiger partial charge in [-0.15, -0.1) is 0 Å². The second-order valence-corrected chi connectivity index (χ2v) is 5.67. The minimum atomic E-state index is 0.271. The summed E-state index contributed by atoms with van der Waals surface area (Å²) >= 11 is 0. The van der Waals surface area contributed by atoms with Gasteiger partial charge >= 0.3 is 0 Å². The molecule has 0 amide bonds. The Morgan fingerprint density at radius 1 is 1.30 bits per heavy atom. The van der Waals surface area contributed by atoms with Gasteiger partial charge in [-0.05, 0) is 13.0 Å². The molecular formula is C14H19N5O. The van der Waals surface area contributed by atoms with Gasteiger partial charge in [0.25, 0.3) is 0 Å². The molecule has 2 aliphatic rings. The number of fused-ring (bicyclic) bond motifs is 2. The summed E-state index contributed by atoms with van der Waals surface area (Å²) in [7, 11) is 0. The Hall–Kier alpha value is -1.66. The average Bonchev–Trinajstić information content (AvgIpc) is 2.74. The standard InChI is InChI=1S/C14H19N5O/c20-9-10-7-18(8-10)14-11-1-4-15-5-2-12(11)17-13-3-6-16-19(13)14/h3,6,10,15,20H,1-2,4-5,7-9H2. The van der Waals surface area contributed by atoms with Crippen molar-refractivity contribution in [2.24, 2.45) is 5.92 Å². The summed E-state index contributed by atoms with van der Waals surface area (Å²) in [4.78, 5) is 7.09. The molecule has 0 saturated carbocycles. The van der Waals surface area contributed by atoms with E-state index < -0.39 is 0 Å². The number of aliphatic hydroxyl groups excluding tert-OH is 1. The van der Waals surface area contributed by atoms with Gasteiger partial charge in [0.05, 0.1) is 11.9 Å². The summed E-state index contributed by atoms with van der Waals surface area (Å²) in [6.45, 7) is 4.08. The van der Waals surface area contributed by atoms with Crippen molar-refractivity contribution < 1.29 is 5.11 Å². The SMILES string of the molecule is OCC1CN(c2c3c(nc4ccnn24)CCNCC3)C1. The van der Waals surface area contributed by atoms with Gasteiger partial charge in [-0.2, -0.15) is 9.61 Å². The van der Waals surface area contributed by atoms with Crippen LogP contribution in [-0.2, 0) is 12.8 Å². The molecule has 0 aliphatic carbocycles. The number of nitrogens with zero attached hydrogens (tertiary/aromatic N) is 4. The number of rotatable bonds is 2. The molecule has 0 radical (unpaired) electrons. The van der Waals surface area contributed by atoms with Crippen molar-refractivity contribution in [2.45, 2.75) is 12.8 Å². The van der Waals surface area contributed by atoms with E-state index in [0.29, 0.717) is 5.92 Å². The van der Waals surface area contributed by atoms with Crippen molar-refractivity contribution in [1.29, 1.82) is 0 Å². The molecule has 0 bridgehead atoms. The molecule has 1 fully saturated rings. The molecule has 106 valence electrons. The van der Waals surface area contributed by atoms with E-state index in [9.17, 15) is 5.11 Å². The fourth-order valence-corrected chi connectivity index (χ4v) is 3.20. The number of nitrogens with one attached hydrogen (secondary N) is 1. The summed E-state index contributed by atoms with van der Waals surface area (Å²) in [5.41, 5.74) is 3.45. The number of hydrogen-bond donors (Lipinski definition) is 2. The Labute approximate surface area is 117 Å². The number of aromatic nitrogens is 3. The van der Waals surface area contributed by atoms with E-state index in [2.05, 4.69) is 15.3 Å². The van der Waals surface area contributed by atoms with Crippen LogP contribution < -0.4 is 10.2 Å². The zero-order valence-electron chi connectivity index (χ0n) is 11.4. The third-order valence-corrected chi connectivity index (χ3v) is 4.30. The van der Waals surface area contributed by atoms with Crippen molar-refractivity contribution >= 4 is 11.5 Å². The lowest BCUT2D eigenvalue weighted by molar-refractivity contribution is 0.199. The topological polar surface area (TPSA) is 65.7 Å². The van der Waals surface area contributed by atoms with Crippen LogP contribution >= 0.6 is 0 Å². The minimum absolute atomic E-state index is 0.271. The molecule has 4 rings (SSSR count). The van der Waals surface area contributed by atoms with E-state index in [1.807, 2.05) is 16.8 Å². The largest absolute Gasteiger partial charge is 0.396 e. The van der Waals surface area contributed by atoms with E-state index in [1.165, 1.54) is 17.1 Å². The summed E-state index contributed by atoms with van der Waals surface area (Å²) < 4.78 is 1.96. The van der Waals surface area contributed by atoms with E-state index in [4.69, 9.17) is 4.98 Å². The van der Waals surface area contributed by atoms with Crippen molar-refractivity contribution in [3.63, 3.8) is 0 Å². The van der Waals surface area contributed by atoms with Gasteiger partial charge in [0, 0.05) is 50.2 Å². The highest BCUT2D eigenvalue weighted by Crippen LogP contribution is 2.31. The summed E-state index contributed by atoms with van der Waals surface area (Å²) in [5.74, 6) is 1.58. The molecule has 0 atom stereocenters. The molecule has 2 N–H and O–H groups in total. The lowest BCUT2D eigenvalue weighted by Gasteiger charge is -2.41. The second kappa shape index (κ2) is 4.71. The van der Waals surface area contributed by atoms with Gasteiger partial charge in [-0.3, -0.25) is 0 Å². The molecule has 1 saturated heterocycles. The van der Waals surface area contributed by atoms with Crippen LogP contribution in [0.5, 0.6) is 0 Å². The van der Waals surface area contributed by atoms with Crippen LogP contribution in [-0.4, -0.2) is 52.5 Å². The first-order valence-corrected chi connectivity index (χ1v) is 7.29. The molecule has 2 aliphatic heterocycles. The first-order valence-electron chi connectivity index (χ1n) is 7.29. The Kier molecular flexibility index (Phi) is 2.85. The maximum Gasteiger partial charge on any atom is 0.157 e. The molecule has 2 aromatic rings. The zero-order valence-corrected chi connectivity index (χ0v) is 11.4. The smallest absolute Gasteiger partial charge is 0.157 e. The molecule has 4 heterocycles. The van der Waals surface area contributed by atoms with Crippen molar-refractivity contribution in [3.05, 3.63) is 23.5 Å². The number of aliphatic hydroxyl groups is 1. The Balaban J connectivity index is 1.83. The van der Waals surface area contributed by atoms with Crippen molar-refractivity contribution in [2.75, 3.05) is 37.7 Å². The number of hydrogen-bond acceptors (Lipinski definition) is 5. The fraction of sp³-hybridized carbons (Fsp3) is 0.571. The molecule has 6 nitrogen and oxygen atoms in total. The first kappa shape index (κ1) is 12.1. The van der Waals surface area contributed by atoms with Crippen LogP contribution in [0, 0.1) is 5.92 Å².